The molecule has 1 aromatic carbocycles. The van der Waals surface area contributed by atoms with Crippen LogP contribution in [0.3, 0.4) is 0 Å². The van der Waals surface area contributed by atoms with Crippen LogP contribution in [0.5, 0.6) is 0 Å². The van der Waals surface area contributed by atoms with E-state index in [0.717, 1.165) is 11.1 Å². The maximum absolute atomic E-state index is 12.8. The molecule has 0 saturated carbocycles. The lowest BCUT2D eigenvalue weighted by Crippen LogP contribution is -2.24. The number of halogens is 1. The van der Waals surface area contributed by atoms with Gasteiger partial charge in [0.1, 0.15) is 23.6 Å². The molecule has 1 amide bonds. The second-order valence-corrected chi connectivity index (χ2v) is 4.86. The summed E-state index contributed by atoms with van der Waals surface area (Å²) in [5.41, 5.74) is 1.61. The molecule has 0 spiro atoms. The Morgan fingerprint density at radius 3 is 2.64 bits per heavy atom. The average molecular weight is 299 g/mol. The monoisotopic (exact) mass is 299 g/mol. The Balaban J connectivity index is 1.54. The van der Waals surface area contributed by atoms with Crippen LogP contribution < -0.4 is 5.32 Å². The van der Waals surface area contributed by atoms with Gasteiger partial charge in [-0.25, -0.2) is 4.39 Å². The minimum Gasteiger partial charge on any atom is -0.472 e. The predicted octanol–water partition coefficient (Wildman–Crippen LogP) is 3.54. The summed E-state index contributed by atoms with van der Waals surface area (Å²) in [6.45, 7) is 0.303. The highest BCUT2D eigenvalue weighted by molar-refractivity contribution is 5.78. The number of nitrogens with one attached hydrogen (secondary N) is 1. The van der Waals surface area contributed by atoms with Crippen molar-refractivity contribution >= 4 is 5.91 Å². The standard InChI is InChI=1S/C17H14FNO3/c18-14-3-1-12(2-4-14)9-17(20)19-10-15-5-6-16(22-15)13-7-8-21-11-13/h1-8,11H,9-10H2,(H,19,20). The number of carbonyl (C=O) groups excluding carboxylic acids is 1. The SMILES string of the molecule is O=C(Cc1ccc(F)cc1)NCc1ccc(-c2ccoc2)o1. The molecule has 2 aromatic heterocycles. The number of hydrogen-bond acceptors (Lipinski definition) is 3. The Morgan fingerprint density at radius 2 is 1.91 bits per heavy atom. The minimum atomic E-state index is -0.313. The highest BCUT2D eigenvalue weighted by Gasteiger charge is 2.08. The van der Waals surface area contributed by atoms with E-state index in [1.165, 1.54) is 12.1 Å². The van der Waals surface area contributed by atoms with Crippen molar-refractivity contribution in [2.45, 2.75) is 13.0 Å². The molecular weight excluding hydrogens is 285 g/mol. The molecule has 3 rings (SSSR count). The molecule has 4 nitrogen and oxygen atoms in total. The van der Waals surface area contributed by atoms with Gasteiger partial charge in [0, 0.05) is 0 Å². The molecule has 0 radical (unpaired) electrons. The Morgan fingerprint density at radius 1 is 1.09 bits per heavy atom. The van der Waals surface area contributed by atoms with E-state index in [1.54, 1.807) is 36.8 Å². The van der Waals surface area contributed by atoms with Gasteiger partial charge in [0.2, 0.25) is 5.91 Å². The van der Waals surface area contributed by atoms with Crippen molar-refractivity contribution in [2.75, 3.05) is 0 Å². The quantitative estimate of drug-likeness (QED) is 0.784. The van der Waals surface area contributed by atoms with Crippen molar-refractivity contribution in [2.24, 2.45) is 0 Å². The lowest BCUT2D eigenvalue weighted by molar-refractivity contribution is -0.120. The van der Waals surface area contributed by atoms with Crippen molar-refractivity contribution < 1.29 is 18.0 Å². The van der Waals surface area contributed by atoms with E-state index in [4.69, 9.17) is 8.83 Å². The summed E-state index contributed by atoms with van der Waals surface area (Å²) >= 11 is 0. The van der Waals surface area contributed by atoms with E-state index in [-0.39, 0.29) is 18.1 Å². The molecular formula is C17H14FNO3. The summed E-state index contributed by atoms with van der Waals surface area (Å²) in [7, 11) is 0. The third-order valence-corrected chi connectivity index (χ3v) is 3.21. The molecule has 0 unspecified atom stereocenters. The highest BCUT2D eigenvalue weighted by Crippen LogP contribution is 2.22. The molecule has 2 heterocycles. The van der Waals surface area contributed by atoms with E-state index in [0.29, 0.717) is 18.1 Å². The summed E-state index contributed by atoms with van der Waals surface area (Å²) in [5, 5.41) is 2.77. The number of amides is 1. The third kappa shape index (κ3) is 3.44. The molecule has 0 aliphatic carbocycles. The smallest absolute Gasteiger partial charge is 0.224 e. The van der Waals surface area contributed by atoms with Crippen LogP contribution in [-0.4, -0.2) is 5.91 Å². The van der Waals surface area contributed by atoms with Gasteiger partial charge in [-0.1, -0.05) is 12.1 Å². The normalized spacial score (nSPS) is 10.6. The molecule has 5 heteroatoms. The first-order valence-corrected chi connectivity index (χ1v) is 6.83. The minimum absolute atomic E-state index is 0.145. The van der Waals surface area contributed by atoms with Crippen molar-refractivity contribution in [3.8, 4) is 11.3 Å². The van der Waals surface area contributed by atoms with Crippen molar-refractivity contribution in [1.29, 1.82) is 0 Å². The number of hydrogen-bond donors (Lipinski definition) is 1. The molecule has 0 fully saturated rings. The number of furan rings is 2. The molecule has 0 aliphatic rings. The Kier molecular flexibility index (Phi) is 4.05. The van der Waals surface area contributed by atoms with E-state index >= 15 is 0 Å². The molecule has 0 aliphatic heterocycles. The maximum atomic E-state index is 12.8. The van der Waals surface area contributed by atoms with Crippen LogP contribution in [0.1, 0.15) is 11.3 Å². The molecule has 1 N–H and O–H groups in total. The number of rotatable bonds is 5. The fourth-order valence-electron chi connectivity index (χ4n) is 2.07. The maximum Gasteiger partial charge on any atom is 0.224 e. The number of carbonyl (C=O) groups is 1. The first-order chi connectivity index (χ1) is 10.7. The van der Waals surface area contributed by atoms with E-state index in [1.807, 2.05) is 6.07 Å². The van der Waals surface area contributed by atoms with Gasteiger partial charge in [-0.15, -0.1) is 0 Å². The number of benzene rings is 1. The van der Waals surface area contributed by atoms with Crippen LogP contribution in [0.15, 0.2) is 63.8 Å². The molecule has 0 atom stereocenters. The second-order valence-electron chi connectivity index (χ2n) is 4.86. The average Bonchev–Trinajstić information content (AvgIpc) is 3.18. The summed E-state index contributed by atoms with van der Waals surface area (Å²) in [5.74, 6) is 0.888. The first kappa shape index (κ1) is 14.1. The van der Waals surface area contributed by atoms with Crippen molar-refractivity contribution in [3.05, 3.63) is 72.1 Å². The van der Waals surface area contributed by atoms with Crippen LogP contribution in [0.25, 0.3) is 11.3 Å². The zero-order chi connectivity index (χ0) is 15.4. The van der Waals surface area contributed by atoms with Crippen LogP contribution in [0.2, 0.25) is 0 Å². The van der Waals surface area contributed by atoms with Gasteiger partial charge in [-0.05, 0) is 35.9 Å². The molecule has 22 heavy (non-hydrogen) atoms. The Bertz CT molecular complexity index is 745. The van der Waals surface area contributed by atoms with E-state index < -0.39 is 0 Å². The summed E-state index contributed by atoms with van der Waals surface area (Å²) in [6, 6.07) is 11.3. The molecule has 112 valence electrons. The Hall–Kier alpha value is -2.82. The Labute approximate surface area is 126 Å². The first-order valence-electron chi connectivity index (χ1n) is 6.83. The fraction of sp³-hybridized carbons (Fsp3) is 0.118. The summed E-state index contributed by atoms with van der Waals surface area (Å²) in [6.07, 6.45) is 3.37. The van der Waals surface area contributed by atoms with Crippen molar-refractivity contribution in [3.63, 3.8) is 0 Å². The lowest BCUT2D eigenvalue weighted by atomic mass is 10.1. The van der Waals surface area contributed by atoms with Crippen LogP contribution in [0.4, 0.5) is 4.39 Å². The largest absolute Gasteiger partial charge is 0.472 e. The predicted molar refractivity (Wildman–Crippen MR) is 78.4 cm³/mol. The zero-order valence-electron chi connectivity index (χ0n) is 11.7. The van der Waals surface area contributed by atoms with Gasteiger partial charge in [-0.2, -0.15) is 0 Å². The fourth-order valence-corrected chi connectivity index (χ4v) is 2.07. The summed E-state index contributed by atoms with van der Waals surface area (Å²) in [4.78, 5) is 11.8. The molecule has 3 aromatic rings. The van der Waals surface area contributed by atoms with Gasteiger partial charge in [0.25, 0.3) is 0 Å². The van der Waals surface area contributed by atoms with Gasteiger partial charge in [-0.3, -0.25) is 4.79 Å². The lowest BCUT2D eigenvalue weighted by Gasteiger charge is -2.03. The summed E-state index contributed by atoms with van der Waals surface area (Å²) < 4.78 is 23.4. The molecule has 0 saturated heterocycles. The van der Waals surface area contributed by atoms with Gasteiger partial charge >= 0.3 is 0 Å². The van der Waals surface area contributed by atoms with Crippen LogP contribution in [-0.2, 0) is 17.8 Å². The van der Waals surface area contributed by atoms with Gasteiger partial charge in [0.15, 0.2) is 0 Å². The molecule has 0 bridgehead atoms. The topological polar surface area (TPSA) is 55.4 Å². The van der Waals surface area contributed by atoms with Gasteiger partial charge < -0.3 is 14.2 Å². The van der Waals surface area contributed by atoms with Crippen LogP contribution in [0, 0.1) is 5.82 Å². The van der Waals surface area contributed by atoms with E-state index in [9.17, 15) is 9.18 Å². The highest BCUT2D eigenvalue weighted by atomic mass is 19.1. The third-order valence-electron chi connectivity index (χ3n) is 3.21. The van der Waals surface area contributed by atoms with Crippen LogP contribution >= 0.6 is 0 Å². The van der Waals surface area contributed by atoms with Crippen molar-refractivity contribution in [1.82, 2.24) is 5.32 Å². The van der Waals surface area contributed by atoms with E-state index in [2.05, 4.69) is 5.32 Å². The van der Waals surface area contributed by atoms with Gasteiger partial charge in [0.05, 0.1) is 24.8 Å². The second kappa shape index (κ2) is 6.30. The zero-order valence-corrected chi connectivity index (χ0v) is 11.7.